The summed E-state index contributed by atoms with van der Waals surface area (Å²) < 4.78 is 75.8. The minimum absolute atomic E-state index is 0.139. The minimum atomic E-state index is -4.15. The third kappa shape index (κ3) is 14.0. The molecular formula is C50H84FN7O15S. The number of non-ortho nitro benzene ring substituents is 1. The van der Waals surface area contributed by atoms with E-state index in [4.69, 9.17) is 23.7 Å². The highest BCUT2D eigenvalue weighted by Crippen LogP contribution is 2.45. The van der Waals surface area contributed by atoms with Crippen molar-refractivity contribution in [3.63, 3.8) is 0 Å². The zero-order valence-electron chi connectivity index (χ0n) is 45.3. The standard InChI is InChI=1S/C50H84FN7O15S/c1-14-40-50(10,64)43(60)32(6)56(12)26-28(2)22-48(8,63)45(30(4)41(31(5)46(62)72-40)39-23-49(9,69-13)44(61)33(7)71-39)73-47-42(59)38(21-29(3)70-47)55(11)20-19-34-27-57(54-53-34)36(24-51)25-52-74(67,68)37-17-15-35(16-18-37)58(65)66/h15-18,27-33,36,38-45,47,52,59-61,63-64H,14,19-26H2,1-13H3/t28-,29-,30+,31-,32-,33+,36?,38+,39?,40-,41+,42-,43-,44+,45-,47+,48-,49-,50-/m1/s1. The summed E-state index contributed by atoms with van der Waals surface area (Å²) in [5.74, 6) is -3.44. The van der Waals surface area contributed by atoms with Crippen molar-refractivity contribution in [2.45, 2.75) is 196 Å². The summed E-state index contributed by atoms with van der Waals surface area (Å²) in [6, 6.07) is 2.08. The number of methoxy groups -OCH3 is 1. The molecule has 19 atom stereocenters. The molecule has 2 aromatic rings. The number of esters is 1. The molecule has 0 saturated carbocycles. The first-order chi connectivity index (χ1) is 34.4. The van der Waals surface area contributed by atoms with E-state index in [9.17, 15) is 53.2 Å². The number of aromatic nitrogens is 3. The van der Waals surface area contributed by atoms with Gasteiger partial charge in [0.1, 0.15) is 36.7 Å². The van der Waals surface area contributed by atoms with E-state index in [-0.39, 0.29) is 42.3 Å². The van der Waals surface area contributed by atoms with Crippen LogP contribution in [0.15, 0.2) is 35.4 Å². The fraction of sp³-hybridized carbons (Fsp3) is 0.820. The summed E-state index contributed by atoms with van der Waals surface area (Å²) in [6.07, 6.45) is -6.47. The summed E-state index contributed by atoms with van der Waals surface area (Å²) in [5, 5.41) is 79.3. The Kier molecular flexibility index (Phi) is 20.7. The average molecular weight is 1070 g/mol. The molecule has 3 saturated heterocycles. The van der Waals surface area contributed by atoms with Gasteiger partial charge in [-0.25, -0.2) is 22.2 Å². The molecule has 5 rings (SSSR count). The lowest BCUT2D eigenvalue weighted by molar-refractivity contribution is -0.384. The summed E-state index contributed by atoms with van der Waals surface area (Å²) in [6.45, 7) is 16.8. The van der Waals surface area contributed by atoms with Gasteiger partial charge in [-0.2, -0.15) is 0 Å². The van der Waals surface area contributed by atoms with Gasteiger partial charge in [-0.1, -0.05) is 32.9 Å². The number of nitro benzene ring substituents is 1. The van der Waals surface area contributed by atoms with E-state index < -0.39 is 135 Å². The second-order valence-corrected chi connectivity index (χ2v) is 23.9. The Labute approximate surface area is 435 Å². The zero-order chi connectivity index (χ0) is 55.4. The molecule has 74 heavy (non-hydrogen) atoms. The van der Waals surface area contributed by atoms with Gasteiger partial charge in [-0.15, -0.1) is 5.10 Å². The number of cyclic esters (lactones) is 1. The Morgan fingerprint density at radius 3 is 2.28 bits per heavy atom. The maximum Gasteiger partial charge on any atom is 0.309 e. The van der Waals surface area contributed by atoms with E-state index in [1.54, 1.807) is 41.5 Å². The van der Waals surface area contributed by atoms with Crippen LogP contribution in [0.25, 0.3) is 0 Å². The van der Waals surface area contributed by atoms with Gasteiger partial charge in [0.15, 0.2) is 6.29 Å². The lowest BCUT2D eigenvalue weighted by Crippen LogP contribution is -2.62. The number of alkyl halides is 1. The minimum Gasteiger partial charge on any atom is -0.459 e. The number of hydrogen-bond acceptors (Lipinski definition) is 19. The number of carbonyl (C=O) groups is 1. The van der Waals surface area contributed by atoms with Crippen LogP contribution in [0.5, 0.6) is 0 Å². The Hall–Kier alpha value is -3.37. The number of sulfonamides is 1. The average Bonchev–Trinajstić information content (AvgIpc) is 3.81. The zero-order valence-corrected chi connectivity index (χ0v) is 46.1. The number of carbonyl (C=O) groups excluding carboxylic acids is 1. The number of ether oxygens (including phenoxy) is 5. The Morgan fingerprint density at radius 1 is 1.04 bits per heavy atom. The van der Waals surface area contributed by atoms with Crippen LogP contribution in [-0.2, 0) is 44.9 Å². The van der Waals surface area contributed by atoms with Crippen LogP contribution in [0, 0.1) is 33.8 Å². The Balaban J connectivity index is 1.41. The van der Waals surface area contributed by atoms with Crippen LogP contribution < -0.4 is 4.72 Å². The van der Waals surface area contributed by atoms with Gasteiger partial charge in [0.2, 0.25) is 10.0 Å². The molecule has 3 fully saturated rings. The first-order valence-electron chi connectivity index (χ1n) is 25.7. The summed E-state index contributed by atoms with van der Waals surface area (Å²) in [4.78, 5) is 28.6. The first-order valence-corrected chi connectivity index (χ1v) is 27.2. The summed E-state index contributed by atoms with van der Waals surface area (Å²) >= 11 is 0. The number of aliphatic hydroxyl groups excluding tert-OH is 3. The summed E-state index contributed by atoms with van der Waals surface area (Å²) in [5.41, 5.74) is -4.44. The molecule has 4 heterocycles. The van der Waals surface area contributed by atoms with Gasteiger partial charge in [0, 0.05) is 75.9 Å². The van der Waals surface area contributed by atoms with Crippen LogP contribution in [0.4, 0.5) is 10.1 Å². The SMILES string of the molecule is CC[C@H]1OC(=O)[C@H](C)[C@@H](C2C[C@@](C)(OC)[C@@H](O)[C@H](C)O2)[C@H](C)[C@@H](O[C@@H]2O[C@H](C)C[C@H](N(C)CCc3cn(C(CF)CNS(=O)(=O)c4ccc([N+](=O)[O-])cc4)nn3)[C@H]2O)[C@](C)(O)C[C@@H](C)CN(C)[C@H](C)[C@@H](O)[C@]1(C)O. The molecule has 0 bridgehead atoms. The highest BCUT2D eigenvalue weighted by molar-refractivity contribution is 7.89. The molecule has 2 unspecified atom stereocenters. The molecule has 3 aliphatic rings. The van der Waals surface area contributed by atoms with Crippen molar-refractivity contribution >= 4 is 21.7 Å². The van der Waals surface area contributed by atoms with Crippen molar-refractivity contribution in [2.24, 2.45) is 23.7 Å². The number of likely N-dealkylation sites (N-methyl/N-ethyl adjacent to an activating group) is 2. The predicted molar refractivity (Wildman–Crippen MR) is 269 cm³/mol. The highest BCUT2D eigenvalue weighted by Gasteiger charge is 2.55. The first kappa shape index (κ1) is 61.5. The van der Waals surface area contributed by atoms with Gasteiger partial charge in [0.25, 0.3) is 5.69 Å². The number of nitrogens with zero attached hydrogens (tertiary/aromatic N) is 6. The van der Waals surface area contributed by atoms with Gasteiger partial charge in [0.05, 0.1) is 63.1 Å². The fourth-order valence-electron chi connectivity index (χ4n) is 11.5. The molecule has 3 aliphatic heterocycles. The quantitative estimate of drug-likeness (QED) is 0.0800. The fourth-order valence-corrected chi connectivity index (χ4v) is 12.6. The molecule has 0 amide bonds. The van der Waals surface area contributed by atoms with Gasteiger partial charge >= 0.3 is 5.97 Å². The molecule has 0 aliphatic carbocycles. The van der Waals surface area contributed by atoms with Gasteiger partial charge < -0.3 is 59.0 Å². The van der Waals surface area contributed by atoms with Gasteiger partial charge in [-0.3, -0.25) is 14.9 Å². The number of benzene rings is 1. The van der Waals surface area contributed by atoms with Crippen LogP contribution in [0.1, 0.15) is 107 Å². The van der Waals surface area contributed by atoms with Crippen LogP contribution >= 0.6 is 0 Å². The number of nitro groups is 1. The third-order valence-electron chi connectivity index (χ3n) is 16.2. The molecule has 22 nitrogen and oxygen atoms in total. The van der Waals surface area contributed by atoms with Crippen molar-refractivity contribution in [3.8, 4) is 0 Å². The van der Waals surface area contributed by atoms with Crippen molar-refractivity contribution in [2.75, 3.05) is 47.5 Å². The maximum absolute atomic E-state index is 14.6. The molecule has 0 spiro atoms. The molecule has 1 aromatic heterocycles. The van der Waals surface area contributed by atoms with Crippen LogP contribution in [0.3, 0.4) is 0 Å². The van der Waals surface area contributed by atoms with Crippen molar-refractivity contribution in [1.82, 2.24) is 29.5 Å². The largest absolute Gasteiger partial charge is 0.459 e. The van der Waals surface area contributed by atoms with Crippen LogP contribution in [-0.4, -0.2) is 201 Å². The molecule has 6 N–H and O–H groups in total. The van der Waals surface area contributed by atoms with Crippen molar-refractivity contribution in [1.29, 1.82) is 0 Å². The number of nitrogens with one attached hydrogen (secondary N) is 1. The second-order valence-electron chi connectivity index (χ2n) is 22.1. The Morgan fingerprint density at radius 2 is 1.69 bits per heavy atom. The maximum atomic E-state index is 14.6. The summed E-state index contributed by atoms with van der Waals surface area (Å²) in [7, 11) is 0.980. The van der Waals surface area contributed by atoms with Crippen LogP contribution in [0.2, 0.25) is 0 Å². The van der Waals surface area contributed by atoms with E-state index in [2.05, 4.69) is 15.0 Å². The lowest BCUT2D eigenvalue weighted by atomic mass is 9.68. The highest BCUT2D eigenvalue weighted by atomic mass is 32.2. The lowest BCUT2D eigenvalue weighted by Gasteiger charge is -2.51. The van der Waals surface area contributed by atoms with E-state index >= 15 is 0 Å². The normalized spacial score (nSPS) is 39.0. The molecule has 1 aromatic carbocycles. The topological polar surface area (TPSA) is 291 Å². The van der Waals surface area contributed by atoms with E-state index in [0.717, 1.165) is 24.3 Å². The third-order valence-corrected chi connectivity index (χ3v) is 17.6. The number of aliphatic hydroxyl groups is 5. The second kappa shape index (κ2) is 25.0. The van der Waals surface area contributed by atoms with Gasteiger partial charge in [-0.05, 0) is 98.9 Å². The molecular weight excluding hydrogens is 990 g/mol. The smallest absolute Gasteiger partial charge is 0.309 e. The van der Waals surface area contributed by atoms with Crippen molar-refractivity contribution in [3.05, 3.63) is 46.3 Å². The molecule has 24 heteroatoms. The van der Waals surface area contributed by atoms with E-state index in [0.29, 0.717) is 31.6 Å². The molecule has 422 valence electrons. The molecule has 0 radical (unpaired) electrons. The number of halogens is 1. The van der Waals surface area contributed by atoms with E-state index in [1.807, 2.05) is 44.7 Å². The number of rotatable bonds is 16. The van der Waals surface area contributed by atoms with Crippen molar-refractivity contribution < 1.29 is 71.7 Å². The monoisotopic (exact) mass is 1070 g/mol. The number of hydrogen-bond donors (Lipinski definition) is 6. The Bertz CT molecular complexity index is 2260. The van der Waals surface area contributed by atoms with E-state index in [1.165, 1.54) is 24.9 Å². The predicted octanol–water partition coefficient (Wildman–Crippen LogP) is 2.78.